The Morgan fingerprint density at radius 1 is 1.38 bits per heavy atom. The SMILES string of the molecule is Cc1cc(C)c(NC(=O)NCC2CCCS2)c(C(=O)O)c1. The predicted molar refractivity (Wildman–Crippen MR) is 85.4 cm³/mol. The number of carboxylic acids is 1. The van der Waals surface area contributed by atoms with Crippen molar-refractivity contribution in [2.45, 2.75) is 31.9 Å². The van der Waals surface area contributed by atoms with Gasteiger partial charge in [0.1, 0.15) is 0 Å². The highest BCUT2D eigenvalue weighted by atomic mass is 32.2. The Hall–Kier alpha value is -1.69. The molecular formula is C15H20N2O3S. The lowest BCUT2D eigenvalue weighted by Crippen LogP contribution is -2.34. The van der Waals surface area contributed by atoms with E-state index in [0.29, 0.717) is 17.5 Å². The number of nitrogens with one attached hydrogen (secondary N) is 2. The highest BCUT2D eigenvalue weighted by molar-refractivity contribution is 8.00. The molecule has 1 fully saturated rings. The van der Waals surface area contributed by atoms with E-state index in [2.05, 4.69) is 10.6 Å². The minimum Gasteiger partial charge on any atom is -0.478 e. The third kappa shape index (κ3) is 4.14. The molecule has 5 nitrogen and oxygen atoms in total. The zero-order valence-electron chi connectivity index (χ0n) is 12.2. The monoisotopic (exact) mass is 308 g/mol. The van der Waals surface area contributed by atoms with Crippen LogP contribution in [0, 0.1) is 13.8 Å². The Morgan fingerprint density at radius 2 is 2.14 bits per heavy atom. The number of aromatic carboxylic acids is 1. The molecule has 0 radical (unpaired) electrons. The van der Waals surface area contributed by atoms with Crippen molar-refractivity contribution in [2.24, 2.45) is 0 Å². The summed E-state index contributed by atoms with van der Waals surface area (Å²) in [6, 6.07) is 3.07. The van der Waals surface area contributed by atoms with Crippen LogP contribution in [0.25, 0.3) is 0 Å². The summed E-state index contributed by atoms with van der Waals surface area (Å²) in [6.07, 6.45) is 2.31. The molecule has 21 heavy (non-hydrogen) atoms. The van der Waals surface area contributed by atoms with Crippen LogP contribution in [-0.2, 0) is 0 Å². The predicted octanol–water partition coefficient (Wildman–Crippen LogP) is 3.02. The van der Waals surface area contributed by atoms with Gasteiger partial charge in [0.25, 0.3) is 0 Å². The van der Waals surface area contributed by atoms with E-state index < -0.39 is 5.97 Å². The molecule has 1 aliphatic rings. The smallest absolute Gasteiger partial charge is 0.337 e. The van der Waals surface area contributed by atoms with E-state index in [1.165, 1.54) is 6.42 Å². The maximum atomic E-state index is 12.0. The first-order valence-electron chi connectivity index (χ1n) is 6.98. The molecule has 0 spiro atoms. The second kappa shape index (κ2) is 6.85. The Balaban J connectivity index is 2.04. The fourth-order valence-electron chi connectivity index (χ4n) is 2.47. The first-order valence-corrected chi connectivity index (χ1v) is 8.03. The third-order valence-electron chi connectivity index (χ3n) is 3.46. The van der Waals surface area contributed by atoms with E-state index in [9.17, 15) is 14.7 Å². The van der Waals surface area contributed by atoms with Gasteiger partial charge in [-0.3, -0.25) is 0 Å². The van der Waals surface area contributed by atoms with Crippen molar-refractivity contribution in [1.82, 2.24) is 5.32 Å². The van der Waals surface area contributed by atoms with Crippen LogP contribution in [0.4, 0.5) is 10.5 Å². The van der Waals surface area contributed by atoms with Gasteiger partial charge in [-0.1, -0.05) is 6.07 Å². The molecule has 3 N–H and O–H groups in total. The molecule has 1 aromatic rings. The standard InChI is InChI=1S/C15H20N2O3S/c1-9-6-10(2)13(12(7-9)14(18)19)17-15(20)16-8-11-4-3-5-21-11/h6-7,11H,3-5,8H2,1-2H3,(H,18,19)(H2,16,17,20). The normalized spacial score (nSPS) is 17.5. The Morgan fingerprint density at radius 3 is 2.76 bits per heavy atom. The molecule has 1 aliphatic heterocycles. The van der Waals surface area contributed by atoms with E-state index >= 15 is 0 Å². The van der Waals surface area contributed by atoms with Crippen LogP contribution in [0.5, 0.6) is 0 Å². The Kier molecular flexibility index (Phi) is 5.12. The fourth-order valence-corrected chi connectivity index (χ4v) is 3.67. The zero-order valence-corrected chi connectivity index (χ0v) is 13.0. The lowest BCUT2D eigenvalue weighted by atomic mass is 10.0. The van der Waals surface area contributed by atoms with Crippen molar-refractivity contribution < 1.29 is 14.7 Å². The fraction of sp³-hybridized carbons (Fsp3) is 0.467. The van der Waals surface area contributed by atoms with E-state index in [4.69, 9.17) is 0 Å². The summed E-state index contributed by atoms with van der Waals surface area (Å²) in [6.45, 7) is 4.24. The van der Waals surface area contributed by atoms with Gasteiger partial charge in [0, 0.05) is 11.8 Å². The number of hydrogen-bond acceptors (Lipinski definition) is 3. The van der Waals surface area contributed by atoms with Gasteiger partial charge in [0.15, 0.2) is 0 Å². The molecule has 1 atom stereocenters. The van der Waals surface area contributed by atoms with Gasteiger partial charge in [-0.2, -0.15) is 11.8 Å². The van der Waals surface area contributed by atoms with E-state index in [0.717, 1.165) is 23.3 Å². The second-order valence-electron chi connectivity index (χ2n) is 5.28. The molecule has 0 bridgehead atoms. The molecule has 2 rings (SSSR count). The van der Waals surface area contributed by atoms with Crippen LogP contribution >= 0.6 is 11.8 Å². The summed E-state index contributed by atoms with van der Waals surface area (Å²) in [5.41, 5.74) is 2.10. The number of amides is 2. The van der Waals surface area contributed by atoms with Gasteiger partial charge in [-0.25, -0.2) is 9.59 Å². The number of benzene rings is 1. The molecule has 1 aromatic carbocycles. The molecule has 2 amide bonds. The average Bonchev–Trinajstić information content (AvgIpc) is 2.92. The van der Waals surface area contributed by atoms with E-state index in [1.54, 1.807) is 13.0 Å². The number of anilines is 1. The first-order chi connectivity index (χ1) is 9.97. The topological polar surface area (TPSA) is 78.4 Å². The highest BCUT2D eigenvalue weighted by Gasteiger charge is 2.18. The highest BCUT2D eigenvalue weighted by Crippen LogP contribution is 2.25. The summed E-state index contributed by atoms with van der Waals surface area (Å²) in [4.78, 5) is 23.3. The Labute approximate surface area is 128 Å². The summed E-state index contributed by atoms with van der Waals surface area (Å²) in [5, 5.41) is 15.2. The van der Waals surface area contributed by atoms with E-state index in [1.807, 2.05) is 24.8 Å². The van der Waals surface area contributed by atoms with Crippen molar-refractivity contribution in [1.29, 1.82) is 0 Å². The molecule has 0 saturated carbocycles. The van der Waals surface area contributed by atoms with Crippen LogP contribution in [0.15, 0.2) is 12.1 Å². The second-order valence-corrected chi connectivity index (χ2v) is 6.69. The number of thioether (sulfide) groups is 1. The lowest BCUT2D eigenvalue weighted by molar-refractivity contribution is 0.0698. The van der Waals surface area contributed by atoms with Gasteiger partial charge in [0.2, 0.25) is 0 Å². The summed E-state index contributed by atoms with van der Waals surface area (Å²) in [5.74, 6) is 0.109. The largest absolute Gasteiger partial charge is 0.478 e. The summed E-state index contributed by atoms with van der Waals surface area (Å²) in [7, 11) is 0. The molecule has 1 saturated heterocycles. The molecule has 6 heteroatoms. The molecule has 114 valence electrons. The van der Waals surface area contributed by atoms with Crippen molar-refractivity contribution in [2.75, 3.05) is 17.6 Å². The molecular weight excluding hydrogens is 288 g/mol. The third-order valence-corrected chi connectivity index (χ3v) is 4.86. The molecule has 0 aromatic heterocycles. The number of aryl methyl sites for hydroxylation is 2. The van der Waals surface area contributed by atoms with Crippen molar-refractivity contribution >= 4 is 29.4 Å². The van der Waals surface area contributed by atoms with Crippen molar-refractivity contribution in [3.8, 4) is 0 Å². The van der Waals surface area contributed by atoms with E-state index in [-0.39, 0.29) is 11.6 Å². The summed E-state index contributed by atoms with van der Waals surface area (Å²) < 4.78 is 0. The van der Waals surface area contributed by atoms with Gasteiger partial charge < -0.3 is 15.7 Å². The number of rotatable bonds is 4. The van der Waals surface area contributed by atoms with Gasteiger partial charge in [-0.05, 0) is 49.6 Å². The van der Waals surface area contributed by atoms with Crippen molar-refractivity contribution in [3.05, 3.63) is 28.8 Å². The quantitative estimate of drug-likeness (QED) is 0.799. The first kappa shape index (κ1) is 15.7. The van der Waals surface area contributed by atoms with Crippen LogP contribution in [-0.4, -0.2) is 34.7 Å². The molecule has 1 unspecified atom stereocenters. The zero-order chi connectivity index (χ0) is 15.4. The maximum Gasteiger partial charge on any atom is 0.337 e. The number of carboxylic acid groups (broad SMARTS) is 1. The van der Waals surface area contributed by atoms with Gasteiger partial charge in [0.05, 0.1) is 11.3 Å². The number of hydrogen-bond donors (Lipinski definition) is 3. The van der Waals surface area contributed by atoms with Crippen molar-refractivity contribution in [3.63, 3.8) is 0 Å². The Bertz CT molecular complexity index is 554. The minimum absolute atomic E-state index is 0.123. The number of carbonyl (C=O) groups excluding carboxylic acids is 1. The van der Waals surface area contributed by atoms with Crippen LogP contribution in [0.3, 0.4) is 0 Å². The summed E-state index contributed by atoms with van der Waals surface area (Å²) >= 11 is 1.87. The average molecular weight is 308 g/mol. The van der Waals surface area contributed by atoms with Gasteiger partial charge >= 0.3 is 12.0 Å². The molecule has 1 heterocycles. The lowest BCUT2D eigenvalue weighted by Gasteiger charge is -2.15. The molecule has 0 aliphatic carbocycles. The minimum atomic E-state index is -1.04. The van der Waals surface area contributed by atoms with Crippen LogP contribution in [0.1, 0.15) is 34.3 Å². The number of urea groups is 1. The van der Waals surface area contributed by atoms with Crippen LogP contribution < -0.4 is 10.6 Å². The van der Waals surface area contributed by atoms with Gasteiger partial charge in [-0.15, -0.1) is 0 Å². The number of carbonyl (C=O) groups is 2. The maximum absolute atomic E-state index is 12.0. The van der Waals surface area contributed by atoms with Crippen LogP contribution in [0.2, 0.25) is 0 Å².